The van der Waals surface area contributed by atoms with Crippen LogP contribution >= 0.6 is 0 Å². The van der Waals surface area contributed by atoms with Crippen molar-refractivity contribution in [3.63, 3.8) is 0 Å². The summed E-state index contributed by atoms with van der Waals surface area (Å²) in [5, 5.41) is 0. The number of sulfone groups is 1. The SMILES string of the molecule is O=C(C1c2ccccc2Oc2ccccc21)N1CCN(C(=O)[C@H]2CCS(=O)(=O)C2)CC1. The number of nitrogens with zero attached hydrogens (tertiary/aromatic N) is 2. The molecular formula is C23H24N2O5S. The first kappa shape index (κ1) is 20.1. The van der Waals surface area contributed by atoms with E-state index in [2.05, 4.69) is 0 Å². The first-order chi connectivity index (χ1) is 14.9. The van der Waals surface area contributed by atoms with E-state index in [-0.39, 0.29) is 23.3 Å². The molecule has 31 heavy (non-hydrogen) atoms. The van der Waals surface area contributed by atoms with Crippen LogP contribution in [-0.4, -0.2) is 67.7 Å². The lowest BCUT2D eigenvalue weighted by molar-refractivity contribution is -0.142. The predicted octanol–water partition coefficient (Wildman–Crippen LogP) is 2.03. The maximum atomic E-state index is 13.6. The van der Waals surface area contributed by atoms with Crippen molar-refractivity contribution >= 4 is 21.7 Å². The zero-order valence-corrected chi connectivity index (χ0v) is 17.9. The molecule has 0 spiro atoms. The quantitative estimate of drug-likeness (QED) is 0.714. The van der Waals surface area contributed by atoms with Crippen molar-refractivity contribution in [2.75, 3.05) is 37.7 Å². The molecule has 7 nitrogen and oxygen atoms in total. The molecule has 1 atom stereocenters. The van der Waals surface area contributed by atoms with Crippen molar-refractivity contribution in [1.82, 2.24) is 9.80 Å². The summed E-state index contributed by atoms with van der Waals surface area (Å²) in [6.07, 6.45) is 0.399. The molecule has 0 radical (unpaired) electrons. The lowest BCUT2D eigenvalue weighted by atomic mass is 9.86. The number of benzene rings is 2. The van der Waals surface area contributed by atoms with Crippen molar-refractivity contribution in [3.05, 3.63) is 59.7 Å². The van der Waals surface area contributed by atoms with Crippen molar-refractivity contribution in [2.45, 2.75) is 12.3 Å². The Morgan fingerprint density at radius 1 is 0.806 bits per heavy atom. The van der Waals surface area contributed by atoms with Crippen LogP contribution in [-0.2, 0) is 19.4 Å². The number of hydrogen-bond acceptors (Lipinski definition) is 5. The molecule has 0 saturated carbocycles. The van der Waals surface area contributed by atoms with E-state index in [0.29, 0.717) is 44.1 Å². The molecule has 3 aliphatic rings. The third-order valence-electron chi connectivity index (χ3n) is 6.41. The van der Waals surface area contributed by atoms with Crippen LogP contribution < -0.4 is 4.74 Å². The molecule has 3 heterocycles. The van der Waals surface area contributed by atoms with E-state index in [1.54, 1.807) is 9.80 Å². The molecule has 0 unspecified atom stereocenters. The standard InChI is InChI=1S/C23H24N2O5S/c26-22(16-9-14-31(28,29)15-16)24-10-12-25(13-11-24)23(27)21-17-5-1-3-7-19(17)30-20-8-4-2-6-18(20)21/h1-8,16,21H,9-15H2/t16-/m0/s1. The summed E-state index contributed by atoms with van der Waals surface area (Å²) in [5.41, 5.74) is 1.70. The molecule has 2 aromatic rings. The molecule has 0 aromatic heterocycles. The molecule has 2 aromatic carbocycles. The minimum absolute atomic E-state index is 0.00116. The monoisotopic (exact) mass is 440 g/mol. The normalized spacial score (nSPS) is 22.4. The van der Waals surface area contributed by atoms with Gasteiger partial charge in [0.25, 0.3) is 0 Å². The van der Waals surface area contributed by atoms with Gasteiger partial charge < -0.3 is 14.5 Å². The molecular weight excluding hydrogens is 416 g/mol. The van der Waals surface area contributed by atoms with Gasteiger partial charge in [-0.25, -0.2) is 8.42 Å². The van der Waals surface area contributed by atoms with Gasteiger partial charge in [0.05, 0.1) is 23.3 Å². The van der Waals surface area contributed by atoms with Gasteiger partial charge in [0.1, 0.15) is 11.5 Å². The van der Waals surface area contributed by atoms with Gasteiger partial charge in [-0.15, -0.1) is 0 Å². The topological polar surface area (TPSA) is 84.0 Å². The van der Waals surface area contributed by atoms with Gasteiger partial charge in [0.15, 0.2) is 9.84 Å². The van der Waals surface area contributed by atoms with Crippen molar-refractivity contribution in [1.29, 1.82) is 0 Å². The molecule has 0 bridgehead atoms. The second-order valence-electron chi connectivity index (χ2n) is 8.36. The zero-order valence-electron chi connectivity index (χ0n) is 17.1. The molecule has 0 N–H and O–H groups in total. The molecule has 3 aliphatic heterocycles. The number of fused-ring (bicyclic) bond motifs is 2. The van der Waals surface area contributed by atoms with Crippen LogP contribution in [0.5, 0.6) is 11.5 Å². The van der Waals surface area contributed by atoms with Crippen LogP contribution in [0.1, 0.15) is 23.5 Å². The Balaban J connectivity index is 1.32. The van der Waals surface area contributed by atoms with Crippen molar-refractivity contribution < 1.29 is 22.7 Å². The molecule has 2 fully saturated rings. The summed E-state index contributed by atoms with van der Waals surface area (Å²) < 4.78 is 29.4. The van der Waals surface area contributed by atoms with Gasteiger partial charge >= 0.3 is 0 Å². The van der Waals surface area contributed by atoms with E-state index in [9.17, 15) is 18.0 Å². The van der Waals surface area contributed by atoms with Gasteiger partial charge in [0.2, 0.25) is 11.8 Å². The average molecular weight is 441 g/mol. The maximum Gasteiger partial charge on any atom is 0.234 e. The number of para-hydroxylation sites is 2. The van der Waals surface area contributed by atoms with Crippen LogP contribution in [0.2, 0.25) is 0 Å². The highest BCUT2D eigenvalue weighted by Gasteiger charge is 2.39. The fraction of sp³-hybridized carbons (Fsp3) is 0.391. The predicted molar refractivity (Wildman–Crippen MR) is 115 cm³/mol. The maximum absolute atomic E-state index is 13.6. The summed E-state index contributed by atoms with van der Waals surface area (Å²) in [5.74, 6) is 0.426. The summed E-state index contributed by atoms with van der Waals surface area (Å²) >= 11 is 0. The van der Waals surface area contributed by atoms with E-state index in [1.807, 2.05) is 48.5 Å². The van der Waals surface area contributed by atoms with Crippen molar-refractivity contribution in [2.24, 2.45) is 5.92 Å². The summed E-state index contributed by atoms with van der Waals surface area (Å²) in [4.78, 5) is 29.8. The second-order valence-corrected chi connectivity index (χ2v) is 10.6. The Labute approximate surface area is 181 Å². The number of ether oxygens (including phenoxy) is 1. The largest absolute Gasteiger partial charge is 0.457 e. The van der Waals surface area contributed by atoms with Crippen LogP contribution in [0, 0.1) is 5.92 Å². The van der Waals surface area contributed by atoms with E-state index < -0.39 is 21.7 Å². The number of carbonyl (C=O) groups excluding carboxylic acids is 2. The minimum Gasteiger partial charge on any atom is -0.457 e. The fourth-order valence-electron chi connectivity index (χ4n) is 4.75. The number of rotatable bonds is 2. The van der Waals surface area contributed by atoms with Crippen molar-refractivity contribution in [3.8, 4) is 11.5 Å². The lowest BCUT2D eigenvalue weighted by Crippen LogP contribution is -2.53. The Kier molecular flexibility index (Phi) is 4.97. The van der Waals surface area contributed by atoms with E-state index in [4.69, 9.17) is 4.74 Å². The summed E-state index contributed by atoms with van der Waals surface area (Å²) in [7, 11) is -3.10. The molecule has 5 rings (SSSR count). The van der Waals surface area contributed by atoms with Crippen LogP contribution in [0.3, 0.4) is 0 Å². The number of amides is 2. The number of hydrogen-bond donors (Lipinski definition) is 0. The van der Waals surface area contributed by atoms with E-state index >= 15 is 0 Å². The highest BCUT2D eigenvalue weighted by molar-refractivity contribution is 7.91. The Hall–Kier alpha value is -2.87. The number of carbonyl (C=O) groups is 2. The average Bonchev–Trinajstić information content (AvgIpc) is 3.16. The van der Waals surface area contributed by atoms with Gasteiger partial charge in [-0.05, 0) is 18.6 Å². The zero-order chi connectivity index (χ0) is 21.6. The van der Waals surface area contributed by atoms with Gasteiger partial charge in [0, 0.05) is 37.3 Å². The van der Waals surface area contributed by atoms with Crippen LogP contribution in [0.25, 0.3) is 0 Å². The smallest absolute Gasteiger partial charge is 0.234 e. The first-order valence-electron chi connectivity index (χ1n) is 10.6. The fourth-order valence-corrected chi connectivity index (χ4v) is 6.49. The molecule has 2 saturated heterocycles. The molecule has 8 heteroatoms. The Bertz CT molecular complexity index is 1090. The highest BCUT2D eigenvalue weighted by atomic mass is 32.2. The first-order valence-corrected chi connectivity index (χ1v) is 12.4. The molecule has 2 amide bonds. The minimum atomic E-state index is -3.10. The molecule has 162 valence electrons. The summed E-state index contributed by atoms with van der Waals surface area (Å²) in [6.45, 7) is 1.72. The van der Waals surface area contributed by atoms with Gasteiger partial charge in [-0.2, -0.15) is 0 Å². The highest BCUT2D eigenvalue weighted by Crippen LogP contribution is 2.44. The van der Waals surface area contributed by atoms with E-state index in [1.165, 1.54) is 0 Å². The number of piperazine rings is 1. The van der Waals surface area contributed by atoms with Crippen LogP contribution in [0.15, 0.2) is 48.5 Å². The Morgan fingerprint density at radius 2 is 1.32 bits per heavy atom. The van der Waals surface area contributed by atoms with E-state index in [0.717, 1.165) is 11.1 Å². The third kappa shape index (κ3) is 3.69. The second kappa shape index (κ2) is 7.67. The van der Waals surface area contributed by atoms with Crippen LogP contribution in [0.4, 0.5) is 0 Å². The van der Waals surface area contributed by atoms with Gasteiger partial charge in [-0.3, -0.25) is 9.59 Å². The Morgan fingerprint density at radius 3 is 1.84 bits per heavy atom. The third-order valence-corrected chi connectivity index (χ3v) is 8.18. The summed E-state index contributed by atoms with van der Waals surface area (Å²) in [6, 6.07) is 15.2. The van der Waals surface area contributed by atoms with Gasteiger partial charge in [-0.1, -0.05) is 36.4 Å². The lowest BCUT2D eigenvalue weighted by Gasteiger charge is -2.38. The molecule has 0 aliphatic carbocycles.